The van der Waals surface area contributed by atoms with Gasteiger partial charge in [0.25, 0.3) is 10.1 Å². The third kappa shape index (κ3) is 2.61. The molecule has 1 N–H and O–H groups in total. The molecule has 0 atom stereocenters. The minimum atomic E-state index is -4.13. The third-order valence-electron chi connectivity index (χ3n) is 2.67. The van der Waals surface area contributed by atoms with Crippen molar-refractivity contribution in [3.8, 4) is 0 Å². The molecule has 0 radical (unpaired) electrons. The number of benzene rings is 1. The van der Waals surface area contributed by atoms with Gasteiger partial charge in [0.15, 0.2) is 0 Å². The minimum Gasteiger partial charge on any atom is -0.282 e. The molecule has 0 aromatic heterocycles. The number of allylic oxidation sites excluding steroid dienone is 1. The van der Waals surface area contributed by atoms with Crippen LogP contribution in [-0.4, -0.2) is 23.2 Å². The second kappa shape index (κ2) is 4.95. The summed E-state index contributed by atoms with van der Waals surface area (Å²) < 4.78 is 31.6. The highest BCUT2D eigenvalue weighted by molar-refractivity contribution is 7.85. The van der Waals surface area contributed by atoms with Crippen molar-refractivity contribution < 1.29 is 13.0 Å². The Morgan fingerprint density at radius 3 is 2.56 bits per heavy atom. The van der Waals surface area contributed by atoms with Gasteiger partial charge >= 0.3 is 0 Å². The van der Waals surface area contributed by atoms with Crippen LogP contribution in [0, 0.1) is 0 Å². The maximum atomic E-state index is 11.2. The monoisotopic (exact) mass is 256 g/mol. The Morgan fingerprint density at radius 1 is 1.50 bits per heavy atom. The van der Waals surface area contributed by atoms with Gasteiger partial charge in [-0.1, -0.05) is 24.3 Å². The SMILES string of the molecule is C=CCc1c(S(=O)(=O)O)ccc(CC)c1[SiH3]. The average molecular weight is 256 g/mol. The summed E-state index contributed by atoms with van der Waals surface area (Å²) in [5.41, 5.74) is 1.85. The zero-order valence-electron chi connectivity index (χ0n) is 9.53. The molecule has 0 fully saturated rings. The van der Waals surface area contributed by atoms with Crippen molar-refractivity contribution in [3.63, 3.8) is 0 Å². The van der Waals surface area contributed by atoms with E-state index in [-0.39, 0.29) is 4.90 Å². The number of rotatable bonds is 4. The number of hydrogen-bond donors (Lipinski definition) is 1. The summed E-state index contributed by atoms with van der Waals surface area (Å²) >= 11 is 0. The number of aryl methyl sites for hydroxylation is 1. The van der Waals surface area contributed by atoms with E-state index in [9.17, 15) is 8.42 Å². The Bertz CT molecular complexity index is 506. The maximum absolute atomic E-state index is 11.2. The Morgan fingerprint density at radius 2 is 2.12 bits per heavy atom. The molecule has 0 aliphatic heterocycles. The van der Waals surface area contributed by atoms with E-state index < -0.39 is 10.1 Å². The molecule has 1 aromatic rings. The maximum Gasteiger partial charge on any atom is 0.294 e. The zero-order valence-corrected chi connectivity index (χ0v) is 12.3. The third-order valence-corrected chi connectivity index (χ3v) is 4.86. The highest BCUT2D eigenvalue weighted by Gasteiger charge is 2.17. The molecule has 5 heteroatoms. The first-order valence-electron chi connectivity index (χ1n) is 5.11. The molecule has 0 saturated heterocycles. The topological polar surface area (TPSA) is 54.4 Å². The van der Waals surface area contributed by atoms with Crippen LogP contribution in [0.3, 0.4) is 0 Å². The van der Waals surface area contributed by atoms with Crippen molar-refractivity contribution >= 4 is 25.5 Å². The van der Waals surface area contributed by atoms with Crippen LogP contribution in [0.1, 0.15) is 18.1 Å². The highest BCUT2D eigenvalue weighted by Crippen LogP contribution is 2.16. The van der Waals surface area contributed by atoms with Crippen LogP contribution in [0.15, 0.2) is 29.7 Å². The highest BCUT2D eigenvalue weighted by atomic mass is 32.2. The van der Waals surface area contributed by atoms with Crippen molar-refractivity contribution in [3.05, 3.63) is 35.9 Å². The van der Waals surface area contributed by atoms with Gasteiger partial charge in [-0.25, -0.2) is 0 Å². The Labute approximate surface area is 99.4 Å². The van der Waals surface area contributed by atoms with Gasteiger partial charge in [-0.15, -0.1) is 6.58 Å². The summed E-state index contributed by atoms with van der Waals surface area (Å²) in [5.74, 6) is 0. The van der Waals surface area contributed by atoms with Crippen LogP contribution in [0.2, 0.25) is 0 Å². The molecule has 1 aromatic carbocycles. The molecule has 0 heterocycles. The summed E-state index contributed by atoms with van der Waals surface area (Å²) in [6.45, 7) is 5.64. The molecule has 1 rings (SSSR count). The Hall–Kier alpha value is -0.913. The van der Waals surface area contributed by atoms with Crippen LogP contribution in [0.25, 0.3) is 0 Å². The van der Waals surface area contributed by atoms with Gasteiger partial charge < -0.3 is 0 Å². The van der Waals surface area contributed by atoms with Crippen molar-refractivity contribution in [2.45, 2.75) is 24.7 Å². The van der Waals surface area contributed by atoms with Gasteiger partial charge in [0.05, 0.1) is 4.90 Å². The summed E-state index contributed by atoms with van der Waals surface area (Å²) in [4.78, 5) is 0.0228. The molecular formula is C11H16O3SSi. The molecule has 16 heavy (non-hydrogen) atoms. The van der Waals surface area contributed by atoms with E-state index in [1.165, 1.54) is 6.07 Å². The van der Waals surface area contributed by atoms with E-state index in [0.29, 0.717) is 12.0 Å². The fraction of sp³-hybridized carbons (Fsp3) is 0.273. The first-order chi connectivity index (χ1) is 7.41. The fourth-order valence-electron chi connectivity index (χ4n) is 1.80. The standard InChI is InChI=1S/C11H16O3SSi/c1-3-5-9-10(15(12,13)14)7-6-8(4-2)11(9)16/h3,6-7H,1,4-5H2,2,16H3,(H,12,13,14). The van der Waals surface area contributed by atoms with Gasteiger partial charge in [0.2, 0.25) is 0 Å². The van der Waals surface area contributed by atoms with Crippen LogP contribution >= 0.6 is 0 Å². The summed E-state index contributed by atoms with van der Waals surface area (Å²) in [6.07, 6.45) is 3.00. The van der Waals surface area contributed by atoms with E-state index in [4.69, 9.17) is 4.55 Å². The van der Waals surface area contributed by atoms with Crippen LogP contribution < -0.4 is 5.19 Å². The predicted octanol–water partition coefficient (Wildman–Crippen LogP) is 0.215. The lowest BCUT2D eigenvalue weighted by molar-refractivity contribution is 0.482. The summed E-state index contributed by atoms with van der Waals surface area (Å²) in [6, 6.07) is 3.26. The van der Waals surface area contributed by atoms with Crippen LogP contribution in [0.4, 0.5) is 0 Å². The van der Waals surface area contributed by atoms with Gasteiger partial charge in [-0.05, 0) is 30.0 Å². The molecule has 0 amide bonds. The second-order valence-corrected chi connectivity index (χ2v) is 6.04. The second-order valence-electron chi connectivity index (χ2n) is 3.65. The average Bonchev–Trinajstić information content (AvgIpc) is 2.19. The zero-order chi connectivity index (χ0) is 12.3. The molecule has 0 bridgehead atoms. The predicted molar refractivity (Wildman–Crippen MR) is 69.1 cm³/mol. The molecule has 0 saturated carbocycles. The van der Waals surface area contributed by atoms with E-state index in [0.717, 1.165) is 27.4 Å². The normalized spacial score (nSPS) is 11.6. The Balaban J connectivity index is 3.52. The lowest BCUT2D eigenvalue weighted by Gasteiger charge is -2.12. The lowest BCUT2D eigenvalue weighted by atomic mass is 10.1. The molecule has 0 unspecified atom stereocenters. The van der Waals surface area contributed by atoms with Crippen molar-refractivity contribution in [1.29, 1.82) is 0 Å². The van der Waals surface area contributed by atoms with Gasteiger partial charge in [-0.2, -0.15) is 8.42 Å². The number of hydrogen-bond acceptors (Lipinski definition) is 2. The fourth-order valence-corrected chi connectivity index (χ4v) is 3.77. The lowest BCUT2D eigenvalue weighted by Crippen LogP contribution is -2.20. The van der Waals surface area contributed by atoms with Crippen molar-refractivity contribution in [1.82, 2.24) is 0 Å². The quantitative estimate of drug-likeness (QED) is 0.476. The van der Waals surface area contributed by atoms with Crippen molar-refractivity contribution in [2.75, 3.05) is 0 Å². The van der Waals surface area contributed by atoms with Gasteiger partial charge in [0.1, 0.15) is 0 Å². The van der Waals surface area contributed by atoms with E-state index in [1.54, 1.807) is 12.1 Å². The Kier molecular flexibility index (Phi) is 4.07. The molecule has 0 aliphatic carbocycles. The molecule has 88 valence electrons. The summed E-state index contributed by atoms with van der Waals surface area (Å²) in [5, 5.41) is 1.05. The van der Waals surface area contributed by atoms with E-state index in [1.807, 2.05) is 6.92 Å². The minimum absolute atomic E-state index is 0.0228. The van der Waals surface area contributed by atoms with Crippen LogP contribution in [0.5, 0.6) is 0 Å². The van der Waals surface area contributed by atoms with E-state index in [2.05, 4.69) is 6.58 Å². The van der Waals surface area contributed by atoms with Crippen molar-refractivity contribution in [2.24, 2.45) is 0 Å². The van der Waals surface area contributed by atoms with Gasteiger partial charge in [0, 0.05) is 10.2 Å². The smallest absolute Gasteiger partial charge is 0.282 e. The first-order valence-corrected chi connectivity index (χ1v) is 7.55. The largest absolute Gasteiger partial charge is 0.294 e. The molecule has 3 nitrogen and oxygen atoms in total. The van der Waals surface area contributed by atoms with E-state index >= 15 is 0 Å². The first kappa shape index (κ1) is 13.2. The molecule has 0 aliphatic rings. The van der Waals surface area contributed by atoms with Gasteiger partial charge in [-0.3, -0.25) is 4.55 Å². The molecular weight excluding hydrogens is 240 g/mol. The van der Waals surface area contributed by atoms with Crippen LogP contribution in [-0.2, 0) is 23.0 Å². The molecule has 0 spiro atoms. The summed E-state index contributed by atoms with van der Waals surface area (Å²) in [7, 11) is -3.37.